The molecular formula is C15H20N2O3. The summed E-state index contributed by atoms with van der Waals surface area (Å²) >= 11 is 0. The van der Waals surface area contributed by atoms with Gasteiger partial charge in [0, 0.05) is 19.6 Å². The number of carbonyl (C=O) groups is 2. The number of aliphatic carboxylic acids is 1. The fraction of sp³-hybridized carbons (Fsp3) is 0.467. The van der Waals surface area contributed by atoms with Crippen LogP contribution in [0.15, 0.2) is 18.2 Å². The minimum atomic E-state index is -0.946. The maximum atomic E-state index is 11.9. The second kappa shape index (κ2) is 6.05. The Kier molecular flexibility index (Phi) is 4.39. The molecule has 1 atom stereocenters. The van der Waals surface area contributed by atoms with Gasteiger partial charge in [-0.25, -0.2) is 0 Å². The zero-order chi connectivity index (χ0) is 14.7. The van der Waals surface area contributed by atoms with E-state index in [9.17, 15) is 9.59 Å². The van der Waals surface area contributed by atoms with E-state index in [2.05, 4.69) is 5.32 Å². The second-order valence-electron chi connectivity index (χ2n) is 5.25. The van der Waals surface area contributed by atoms with E-state index in [1.807, 2.05) is 36.9 Å². The zero-order valence-electron chi connectivity index (χ0n) is 11.8. The molecule has 0 aliphatic carbocycles. The van der Waals surface area contributed by atoms with E-state index >= 15 is 0 Å². The molecule has 2 N–H and O–H groups in total. The fourth-order valence-corrected chi connectivity index (χ4v) is 2.64. The molecule has 2 rings (SSSR count). The summed E-state index contributed by atoms with van der Waals surface area (Å²) in [7, 11) is 0. The van der Waals surface area contributed by atoms with Crippen molar-refractivity contribution < 1.29 is 14.7 Å². The van der Waals surface area contributed by atoms with Crippen LogP contribution in [0.4, 0.5) is 0 Å². The highest BCUT2D eigenvalue weighted by atomic mass is 16.4. The molecule has 5 nitrogen and oxygen atoms in total. The maximum Gasteiger partial charge on any atom is 0.305 e. The van der Waals surface area contributed by atoms with Gasteiger partial charge in [-0.2, -0.15) is 0 Å². The summed E-state index contributed by atoms with van der Waals surface area (Å²) in [5.74, 6) is -1.14. The summed E-state index contributed by atoms with van der Waals surface area (Å²) in [6.07, 6.45) is -0.156. The highest BCUT2D eigenvalue weighted by Crippen LogP contribution is 2.19. The van der Waals surface area contributed by atoms with Crippen molar-refractivity contribution in [1.29, 1.82) is 0 Å². The lowest BCUT2D eigenvalue weighted by Crippen LogP contribution is -2.55. The van der Waals surface area contributed by atoms with Crippen molar-refractivity contribution in [2.75, 3.05) is 13.1 Å². The molecule has 1 aromatic carbocycles. The first-order valence-electron chi connectivity index (χ1n) is 6.77. The highest BCUT2D eigenvalue weighted by Gasteiger charge is 2.31. The number of rotatable bonds is 4. The van der Waals surface area contributed by atoms with Crippen LogP contribution in [-0.2, 0) is 16.1 Å². The van der Waals surface area contributed by atoms with E-state index in [-0.39, 0.29) is 12.3 Å². The average Bonchev–Trinajstić information content (AvgIpc) is 2.37. The van der Waals surface area contributed by atoms with Crippen molar-refractivity contribution in [3.05, 3.63) is 34.9 Å². The predicted molar refractivity (Wildman–Crippen MR) is 75.4 cm³/mol. The summed E-state index contributed by atoms with van der Waals surface area (Å²) in [6.45, 7) is 5.94. The predicted octanol–water partition coefficient (Wildman–Crippen LogP) is 1.08. The molecule has 5 heteroatoms. The minimum absolute atomic E-state index is 0.156. The van der Waals surface area contributed by atoms with Gasteiger partial charge in [0.15, 0.2) is 0 Å². The molecule has 1 saturated heterocycles. The second-order valence-corrected chi connectivity index (χ2v) is 5.25. The number of benzene rings is 1. The van der Waals surface area contributed by atoms with Crippen LogP contribution in [-0.4, -0.2) is 41.0 Å². The first kappa shape index (κ1) is 14.5. The molecule has 108 valence electrons. The van der Waals surface area contributed by atoms with Crippen molar-refractivity contribution in [3.8, 4) is 0 Å². The number of aryl methyl sites for hydroxylation is 2. The number of hydrogen-bond donors (Lipinski definition) is 2. The molecule has 0 bridgehead atoms. The molecule has 1 aromatic rings. The van der Waals surface area contributed by atoms with Gasteiger partial charge in [0.1, 0.15) is 6.04 Å². The normalized spacial score (nSPS) is 19.7. The molecule has 1 unspecified atom stereocenters. The summed E-state index contributed by atoms with van der Waals surface area (Å²) in [5.41, 5.74) is 3.52. The Hall–Kier alpha value is -1.88. The standard InChI is InChI=1S/C15H20N2O3/c1-10-4-3-5-11(2)12(10)9-17-7-6-16-15(20)13(17)8-14(18)19/h3-5,13H,6-9H2,1-2H3,(H,16,20)(H,18,19). The number of carbonyl (C=O) groups excluding carboxylic acids is 1. The van der Waals surface area contributed by atoms with Crippen LogP contribution in [0.5, 0.6) is 0 Å². The number of carboxylic acids is 1. The Morgan fingerprint density at radius 3 is 2.65 bits per heavy atom. The molecule has 20 heavy (non-hydrogen) atoms. The van der Waals surface area contributed by atoms with E-state index in [1.54, 1.807) is 0 Å². The van der Waals surface area contributed by atoms with Crippen LogP contribution in [0.1, 0.15) is 23.1 Å². The summed E-state index contributed by atoms with van der Waals surface area (Å²) < 4.78 is 0. The van der Waals surface area contributed by atoms with Gasteiger partial charge in [0.05, 0.1) is 6.42 Å². The summed E-state index contributed by atoms with van der Waals surface area (Å²) in [4.78, 5) is 24.8. The Bertz CT molecular complexity index is 508. The number of carboxylic acid groups (broad SMARTS) is 1. The van der Waals surface area contributed by atoms with Crippen molar-refractivity contribution in [1.82, 2.24) is 10.2 Å². The average molecular weight is 276 g/mol. The van der Waals surface area contributed by atoms with Crippen LogP contribution in [0.25, 0.3) is 0 Å². The van der Waals surface area contributed by atoms with E-state index in [1.165, 1.54) is 16.7 Å². The van der Waals surface area contributed by atoms with Gasteiger partial charge in [0.25, 0.3) is 0 Å². The van der Waals surface area contributed by atoms with Crippen LogP contribution in [0, 0.1) is 13.8 Å². The SMILES string of the molecule is Cc1cccc(C)c1CN1CCNC(=O)C1CC(=O)O. The van der Waals surface area contributed by atoms with Crippen molar-refractivity contribution >= 4 is 11.9 Å². The number of amides is 1. The first-order valence-corrected chi connectivity index (χ1v) is 6.77. The lowest BCUT2D eigenvalue weighted by atomic mass is 10.0. The quantitative estimate of drug-likeness (QED) is 0.863. The zero-order valence-corrected chi connectivity index (χ0v) is 11.8. The third-order valence-electron chi connectivity index (χ3n) is 3.82. The van der Waals surface area contributed by atoms with Gasteiger partial charge in [-0.1, -0.05) is 18.2 Å². The van der Waals surface area contributed by atoms with Crippen LogP contribution >= 0.6 is 0 Å². The molecule has 1 aliphatic heterocycles. The largest absolute Gasteiger partial charge is 0.481 e. The molecule has 1 aliphatic rings. The van der Waals surface area contributed by atoms with Crippen LogP contribution in [0.2, 0.25) is 0 Å². The molecule has 1 heterocycles. The molecule has 0 radical (unpaired) electrons. The van der Waals surface area contributed by atoms with E-state index in [0.29, 0.717) is 19.6 Å². The van der Waals surface area contributed by atoms with E-state index in [0.717, 1.165) is 0 Å². The lowest BCUT2D eigenvalue weighted by molar-refractivity contribution is -0.143. The molecule has 0 saturated carbocycles. The topological polar surface area (TPSA) is 69.6 Å². The Morgan fingerprint density at radius 1 is 1.40 bits per heavy atom. The number of hydrogen-bond acceptors (Lipinski definition) is 3. The van der Waals surface area contributed by atoms with Gasteiger partial charge < -0.3 is 10.4 Å². The molecular weight excluding hydrogens is 256 g/mol. The summed E-state index contributed by atoms with van der Waals surface area (Å²) in [5, 5.41) is 11.7. The van der Waals surface area contributed by atoms with Crippen molar-refractivity contribution in [3.63, 3.8) is 0 Å². The lowest BCUT2D eigenvalue weighted by Gasteiger charge is -2.34. The number of nitrogens with one attached hydrogen (secondary N) is 1. The van der Waals surface area contributed by atoms with E-state index in [4.69, 9.17) is 5.11 Å². The minimum Gasteiger partial charge on any atom is -0.481 e. The van der Waals surface area contributed by atoms with Gasteiger partial charge in [-0.3, -0.25) is 14.5 Å². The molecule has 1 fully saturated rings. The van der Waals surface area contributed by atoms with Crippen molar-refractivity contribution in [2.45, 2.75) is 32.9 Å². The van der Waals surface area contributed by atoms with Gasteiger partial charge in [-0.05, 0) is 30.5 Å². The first-order chi connectivity index (χ1) is 9.49. The van der Waals surface area contributed by atoms with Crippen LogP contribution in [0.3, 0.4) is 0 Å². The number of piperazine rings is 1. The van der Waals surface area contributed by atoms with Gasteiger partial charge >= 0.3 is 5.97 Å². The number of nitrogens with zero attached hydrogens (tertiary/aromatic N) is 1. The maximum absolute atomic E-state index is 11.9. The van der Waals surface area contributed by atoms with Gasteiger partial charge in [-0.15, -0.1) is 0 Å². The Morgan fingerprint density at radius 2 is 2.05 bits per heavy atom. The monoisotopic (exact) mass is 276 g/mol. The van der Waals surface area contributed by atoms with Gasteiger partial charge in [0.2, 0.25) is 5.91 Å². The molecule has 1 amide bonds. The van der Waals surface area contributed by atoms with Crippen LogP contribution < -0.4 is 5.32 Å². The van der Waals surface area contributed by atoms with E-state index < -0.39 is 12.0 Å². The third-order valence-corrected chi connectivity index (χ3v) is 3.82. The van der Waals surface area contributed by atoms with Crippen molar-refractivity contribution in [2.24, 2.45) is 0 Å². The Labute approximate surface area is 118 Å². The molecule has 0 spiro atoms. The fourth-order valence-electron chi connectivity index (χ4n) is 2.64. The highest BCUT2D eigenvalue weighted by molar-refractivity contribution is 5.86. The Balaban J connectivity index is 2.21. The molecule has 0 aromatic heterocycles. The third kappa shape index (κ3) is 3.17. The summed E-state index contributed by atoms with van der Waals surface area (Å²) in [6, 6.07) is 5.50. The smallest absolute Gasteiger partial charge is 0.305 e.